The molecule has 0 saturated heterocycles. The van der Waals surface area contributed by atoms with Crippen LogP contribution in [0.1, 0.15) is 26.3 Å². The molecule has 3 heteroatoms. The van der Waals surface area contributed by atoms with Gasteiger partial charge < -0.3 is 4.57 Å². The topological polar surface area (TPSA) is 39.1 Å². The molecule has 3 nitrogen and oxygen atoms in total. The Morgan fingerprint density at radius 3 is 2.14 bits per heavy atom. The van der Waals surface area contributed by atoms with E-state index >= 15 is 0 Å². The largest absolute Gasteiger partial charge is 0.309 e. The number of carbonyl (C=O) groups excluding carboxylic acids is 2. The minimum absolute atomic E-state index is 0.190. The van der Waals surface area contributed by atoms with Crippen LogP contribution in [0.3, 0.4) is 0 Å². The minimum atomic E-state index is -0.190. The molecule has 0 aliphatic heterocycles. The number of nitrogens with zero attached hydrogens (tertiary/aromatic N) is 1. The normalized spacial score (nSPS) is 11.5. The number of rotatable bonds is 5. The Bertz CT molecular complexity index is 1770. The molecule has 0 radical (unpaired) electrons. The number of hydrogen-bond donors (Lipinski definition) is 0. The van der Waals surface area contributed by atoms with Gasteiger partial charge in [-0.1, -0.05) is 72.8 Å². The van der Waals surface area contributed by atoms with Crippen LogP contribution in [-0.4, -0.2) is 16.6 Å². The van der Waals surface area contributed by atoms with E-state index in [2.05, 4.69) is 41.0 Å². The van der Waals surface area contributed by atoms with Crippen LogP contribution in [0.5, 0.6) is 0 Å². The molecule has 6 aromatic rings. The van der Waals surface area contributed by atoms with E-state index in [1.165, 1.54) is 0 Å². The van der Waals surface area contributed by atoms with E-state index in [-0.39, 0.29) is 5.78 Å². The van der Waals surface area contributed by atoms with Crippen molar-refractivity contribution in [2.75, 3.05) is 0 Å². The fraction of sp³-hybridized carbons (Fsp3) is 0. The van der Waals surface area contributed by atoms with Crippen LogP contribution in [0.15, 0.2) is 115 Å². The minimum Gasteiger partial charge on any atom is -0.309 e. The van der Waals surface area contributed by atoms with E-state index < -0.39 is 0 Å². The molecular formula is C32H21NO2. The second kappa shape index (κ2) is 8.54. The zero-order valence-corrected chi connectivity index (χ0v) is 18.9. The van der Waals surface area contributed by atoms with Gasteiger partial charge in [-0.15, -0.1) is 0 Å². The highest BCUT2D eigenvalue weighted by molar-refractivity contribution is 6.14. The highest BCUT2D eigenvalue weighted by atomic mass is 16.1. The van der Waals surface area contributed by atoms with Crippen molar-refractivity contribution in [2.45, 2.75) is 0 Å². The van der Waals surface area contributed by atoms with E-state index in [1.807, 2.05) is 66.7 Å². The van der Waals surface area contributed by atoms with Crippen LogP contribution in [0.2, 0.25) is 0 Å². The molecule has 5 aromatic carbocycles. The number of carbonyl (C=O) groups is 2. The predicted octanol–water partition coefficient (Wildman–Crippen LogP) is 7.65. The van der Waals surface area contributed by atoms with Gasteiger partial charge in [-0.05, 0) is 64.9 Å². The molecule has 1 aromatic heterocycles. The maximum absolute atomic E-state index is 13.1. The molecule has 35 heavy (non-hydrogen) atoms. The first kappa shape index (κ1) is 20.8. The molecule has 166 valence electrons. The maximum Gasteiger partial charge on any atom is 0.186 e. The average Bonchev–Trinajstić information content (AvgIpc) is 3.25. The van der Waals surface area contributed by atoms with E-state index in [0.29, 0.717) is 11.1 Å². The molecular weight excluding hydrogens is 430 g/mol. The lowest BCUT2D eigenvalue weighted by Crippen LogP contribution is -2.00. The lowest BCUT2D eigenvalue weighted by molar-refractivity contribution is 0.103. The third kappa shape index (κ3) is 3.64. The zero-order valence-electron chi connectivity index (χ0n) is 18.9. The standard InChI is InChI=1S/C32H21NO2/c34-21-25-19-23-8-4-5-9-24(23)20-28(25)32(35)17-15-22-14-16-31-29(18-22)27-12-6-7-13-30(27)33(31)26-10-2-1-3-11-26/h1-21H/b17-15-. The number of aromatic nitrogens is 1. The average molecular weight is 452 g/mol. The van der Waals surface area contributed by atoms with Gasteiger partial charge in [0.2, 0.25) is 0 Å². The number of allylic oxidation sites excluding steroid dienone is 1. The molecule has 0 bridgehead atoms. The molecule has 0 N–H and O–H groups in total. The fourth-order valence-corrected chi connectivity index (χ4v) is 4.78. The van der Waals surface area contributed by atoms with Crippen molar-refractivity contribution in [3.63, 3.8) is 0 Å². The van der Waals surface area contributed by atoms with Crippen LogP contribution >= 0.6 is 0 Å². The highest BCUT2D eigenvalue weighted by Crippen LogP contribution is 2.32. The van der Waals surface area contributed by atoms with Gasteiger partial charge in [0.15, 0.2) is 12.1 Å². The number of ketones is 1. The van der Waals surface area contributed by atoms with Crippen molar-refractivity contribution in [3.05, 3.63) is 132 Å². The molecule has 0 amide bonds. The van der Waals surface area contributed by atoms with E-state index in [9.17, 15) is 9.59 Å². The third-order valence-electron chi connectivity index (χ3n) is 6.45. The van der Waals surface area contributed by atoms with Crippen molar-refractivity contribution in [2.24, 2.45) is 0 Å². The van der Waals surface area contributed by atoms with Crippen LogP contribution < -0.4 is 0 Å². The lowest BCUT2D eigenvalue weighted by Gasteiger charge is -2.07. The summed E-state index contributed by atoms with van der Waals surface area (Å²) in [5.74, 6) is -0.190. The number of hydrogen-bond acceptors (Lipinski definition) is 2. The van der Waals surface area contributed by atoms with E-state index in [0.717, 1.165) is 50.1 Å². The Hall–Kier alpha value is -4.76. The number of fused-ring (bicyclic) bond motifs is 4. The summed E-state index contributed by atoms with van der Waals surface area (Å²) in [6.45, 7) is 0. The van der Waals surface area contributed by atoms with Gasteiger partial charge >= 0.3 is 0 Å². The Kier molecular flexibility index (Phi) is 5.08. The first-order chi connectivity index (χ1) is 17.2. The molecule has 0 unspecified atom stereocenters. The van der Waals surface area contributed by atoms with Gasteiger partial charge in [0.1, 0.15) is 0 Å². The SMILES string of the molecule is O=Cc1cc2ccccc2cc1C(=O)/C=C\c1ccc2c(c1)c1ccccc1n2-c1ccccc1. The Morgan fingerprint density at radius 1 is 0.657 bits per heavy atom. The maximum atomic E-state index is 13.1. The van der Waals surface area contributed by atoms with Gasteiger partial charge in [-0.3, -0.25) is 9.59 Å². The molecule has 0 aliphatic carbocycles. The second-order valence-electron chi connectivity index (χ2n) is 8.57. The monoisotopic (exact) mass is 451 g/mol. The number of benzene rings is 5. The Balaban J connectivity index is 1.42. The quantitative estimate of drug-likeness (QED) is 0.153. The van der Waals surface area contributed by atoms with Crippen LogP contribution in [0.25, 0.3) is 44.3 Å². The van der Waals surface area contributed by atoms with Crippen molar-refractivity contribution in [1.82, 2.24) is 4.57 Å². The predicted molar refractivity (Wildman–Crippen MR) is 143 cm³/mol. The molecule has 0 spiro atoms. The van der Waals surface area contributed by atoms with E-state index in [1.54, 1.807) is 18.2 Å². The third-order valence-corrected chi connectivity index (χ3v) is 6.45. The number of aldehydes is 1. The molecule has 0 atom stereocenters. The summed E-state index contributed by atoms with van der Waals surface area (Å²) in [6.07, 6.45) is 4.12. The van der Waals surface area contributed by atoms with Gasteiger partial charge in [0, 0.05) is 27.6 Å². The number of para-hydroxylation sites is 2. The molecule has 6 rings (SSSR count). The van der Waals surface area contributed by atoms with Gasteiger partial charge in [-0.25, -0.2) is 0 Å². The summed E-state index contributed by atoms with van der Waals surface area (Å²) >= 11 is 0. The van der Waals surface area contributed by atoms with Crippen molar-refractivity contribution < 1.29 is 9.59 Å². The summed E-state index contributed by atoms with van der Waals surface area (Å²) in [5.41, 5.74) is 5.10. The first-order valence-electron chi connectivity index (χ1n) is 11.5. The summed E-state index contributed by atoms with van der Waals surface area (Å²) < 4.78 is 2.26. The summed E-state index contributed by atoms with van der Waals surface area (Å²) in [5, 5.41) is 4.16. The Morgan fingerprint density at radius 2 is 1.34 bits per heavy atom. The zero-order chi connectivity index (χ0) is 23.8. The van der Waals surface area contributed by atoms with E-state index in [4.69, 9.17) is 0 Å². The smallest absolute Gasteiger partial charge is 0.186 e. The first-order valence-corrected chi connectivity index (χ1v) is 11.5. The molecule has 1 heterocycles. The summed E-state index contributed by atoms with van der Waals surface area (Å²) in [7, 11) is 0. The van der Waals surface area contributed by atoms with Gasteiger partial charge in [-0.2, -0.15) is 0 Å². The molecule has 0 fully saturated rings. The highest BCUT2D eigenvalue weighted by Gasteiger charge is 2.13. The van der Waals surface area contributed by atoms with Crippen molar-refractivity contribution in [3.8, 4) is 5.69 Å². The second-order valence-corrected chi connectivity index (χ2v) is 8.57. The molecule has 0 saturated carbocycles. The van der Waals surface area contributed by atoms with Crippen LogP contribution in [-0.2, 0) is 0 Å². The van der Waals surface area contributed by atoms with Crippen LogP contribution in [0.4, 0.5) is 0 Å². The fourth-order valence-electron chi connectivity index (χ4n) is 4.78. The van der Waals surface area contributed by atoms with Crippen LogP contribution in [0, 0.1) is 0 Å². The lowest BCUT2D eigenvalue weighted by atomic mass is 9.98. The van der Waals surface area contributed by atoms with Crippen molar-refractivity contribution in [1.29, 1.82) is 0 Å². The van der Waals surface area contributed by atoms with Gasteiger partial charge in [0.25, 0.3) is 0 Å². The van der Waals surface area contributed by atoms with Gasteiger partial charge in [0.05, 0.1) is 11.0 Å². The Labute approximate surface area is 202 Å². The summed E-state index contributed by atoms with van der Waals surface area (Å²) in [6, 6.07) is 36.2. The van der Waals surface area contributed by atoms with Crippen molar-refractivity contribution >= 4 is 50.7 Å². The summed E-state index contributed by atoms with van der Waals surface area (Å²) in [4.78, 5) is 24.7. The molecule has 0 aliphatic rings.